The third-order valence-electron chi connectivity index (χ3n) is 3.77. The molecule has 1 fully saturated rings. The molecule has 1 amide bonds. The van der Waals surface area contributed by atoms with Crippen LogP contribution in [0.5, 0.6) is 0 Å². The molecule has 21 heavy (non-hydrogen) atoms. The lowest BCUT2D eigenvalue weighted by molar-refractivity contribution is -0.137. The first-order valence-corrected chi connectivity index (χ1v) is 6.64. The van der Waals surface area contributed by atoms with Gasteiger partial charge in [0.2, 0.25) is 5.91 Å². The molecule has 7 heteroatoms. The summed E-state index contributed by atoms with van der Waals surface area (Å²) in [5.41, 5.74) is 4.25. The van der Waals surface area contributed by atoms with Crippen molar-refractivity contribution in [3.05, 3.63) is 29.8 Å². The van der Waals surface area contributed by atoms with E-state index in [1.807, 2.05) is 0 Å². The smallest absolute Gasteiger partial charge is 0.381 e. The number of ether oxygens (including phenoxy) is 1. The molecule has 116 valence electrons. The first kappa shape index (κ1) is 15.8. The van der Waals surface area contributed by atoms with E-state index in [1.165, 1.54) is 12.1 Å². The SMILES string of the molecule is NCC1(C(=O)Nc2cccc(C(F)(F)F)c2)CCOCC1. The van der Waals surface area contributed by atoms with Gasteiger partial charge >= 0.3 is 6.18 Å². The predicted octanol–water partition coefficient (Wildman–Crippen LogP) is 2.40. The van der Waals surface area contributed by atoms with E-state index in [4.69, 9.17) is 10.5 Å². The van der Waals surface area contributed by atoms with Crippen molar-refractivity contribution in [1.82, 2.24) is 0 Å². The van der Waals surface area contributed by atoms with E-state index < -0.39 is 17.2 Å². The number of rotatable bonds is 3. The number of benzene rings is 1. The van der Waals surface area contributed by atoms with Crippen LogP contribution in [0.25, 0.3) is 0 Å². The zero-order valence-corrected chi connectivity index (χ0v) is 11.4. The Bertz CT molecular complexity index is 511. The Kier molecular flexibility index (Phi) is 4.53. The molecule has 0 unspecified atom stereocenters. The fourth-order valence-corrected chi connectivity index (χ4v) is 2.32. The third-order valence-corrected chi connectivity index (χ3v) is 3.77. The first-order valence-electron chi connectivity index (χ1n) is 6.64. The summed E-state index contributed by atoms with van der Waals surface area (Å²) < 4.78 is 43.2. The summed E-state index contributed by atoms with van der Waals surface area (Å²) in [5, 5.41) is 2.54. The molecule has 0 saturated carbocycles. The highest BCUT2D eigenvalue weighted by atomic mass is 19.4. The molecule has 1 aliphatic rings. The Morgan fingerprint density at radius 2 is 2.00 bits per heavy atom. The van der Waals surface area contributed by atoms with Gasteiger partial charge in [-0.15, -0.1) is 0 Å². The molecule has 0 spiro atoms. The van der Waals surface area contributed by atoms with Crippen molar-refractivity contribution in [2.45, 2.75) is 19.0 Å². The van der Waals surface area contributed by atoms with Crippen LogP contribution in [-0.4, -0.2) is 25.7 Å². The zero-order chi connectivity index (χ0) is 15.5. The molecule has 0 radical (unpaired) electrons. The van der Waals surface area contributed by atoms with Crippen LogP contribution in [0.1, 0.15) is 18.4 Å². The molecular formula is C14H17F3N2O2. The van der Waals surface area contributed by atoms with Gasteiger partial charge in [-0.05, 0) is 31.0 Å². The molecule has 2 rings (SSSR count). The number of alkyl halides is 3. The highest BCUT2D eigenvalue weighted by Gasteiger charge is 2.39. The molecule has 0 bridgehead atoms. The van der Waals surface area contributed by atoms with Gasteiger partial charge in [-0.2, -0.15) is 13.2 Å². The van der Waals surface area contributed by atoms with Crippen molar-refractivity contribution in [1.29, 1.82) is 0 Å². The van der Waals surface area contributed by atoms with Crippen molar-refractivity contribution < 1.29 is 22.7 Å². The van der Waals surface area contributed by atoms with Gasteiger partial charge in [0.25, 0.3) is 0 Å². The first-order chi connectivity index (χ1) is 9.87. The van der Waals surface area contributed by atoms with Crippen LogP contribution >= 0.6 is 0 Å². The largest absolute Gasteiger partial charge is 0.416 e. The van der Waals surface area contributed by atoms with Gasteiger partial charge in [0.05, 0.1) is 11.0 Å². The minimum Gasteiger partial charge on any atom is -0.381 e. The number of nitrogens with one attached hydrogen (secondary N) is 1. The Hall–Kier alpha value is -1.60. The van der Waals surface area contributed by atoms with Crippen molar-refractivity contribution in [3.8, 4) is 0 Å². The van der Waals surface area contributed by atoms with E-state index in [1.54, 1.807) is 0 Å². The average Bonchev–Trinajstić information content (AvgIpc) is 2.47. The summed E-state index contributed by atoms with van der Waals surface area (Å²) in [5.74, 6) is -0.354. The van der Waals surface area contributed by atoms with Crippen molar-refractivity contribution in [3.63, 3.8) is 0 Å². The fraction of sp³-hybridized carbons (Fsp3) is 0.500. The highest BCUT2D eigenvalue weighted by molar-refractivity contribution is 5.95. The van der Waals surface area contributed by atoms with E-state index in [9.17, 15) is 18.0 Å². The van der Waals surface area contributed by atoms with Crippen LogP contribution in [0.15, 0.2) is 24.3 Å². The number of hydrogen-bond acceptors (Lipinski definition) is 3. The molecule has 1 aromatic rings. The van der Waals surface area contributed by atoms with Gasteiger partial charge in [-0.25, -0.2) is 0 Å². The van der Waals surface area contributed by atoms with Gasteiger partial charge in [0, 0.05) is 25.4 Å². The topological polar surface area (TPSA) is 64.4 Å². The van der Waals surface area contributed by atoms with Crippen LogP contribution in [0.2, 0.25) is 0 Å². The molecule has 1 aromatic carbocycles. The Balaban J connectivity index is 2.15. The minimum atomic E-state index is -4.44. The van der Waals surface area contributed by atoms with Gasteiger partial charge in [0.1, 0.15) is 0 Å². The summed E-state index contributed by atoms with van der Waals surface area (Å²) >= 11 is 0. The number of carbonyl (C=O) groups excluding carboxylic acids is 1. The Morgan fingerprint density at radius 3 is 2.57 bits per heavy atom. The summed E-state index contributed by atoms with van der Waals surface area (Å²) in [4.78, 5) is 12.4. The second kappa shape index (κ2) is 6.03. The van der Waals surface area contributed by atoms with Crippen molar-refractivity contribution in [2.75, 3.05) is 25.1 Å². The molecule has 1 aliphatic heterocycles. The van der Waals surface area contributed by atoms with Crippen LogP contribution < -0.4 is 11.1 Å². The number of amides is 1. The quantitative estimate of drug-likeness (QED) is 0.901. The predicted molar refractivity (Wildman–Crippen MR) is 71.6 cm³/mol. The molecule has 0 atom stereocenters. The maximum atomic E-state index is 12.7. The third kappa shape index (κ3) is 3.54. The van der Waals surface area contributed by atoms with Gasteiger partial charge in [0.15, 0.2) is 0 Å². The fourth-order valence-electron chi connectivity index (χ4n) is 2.32. The number of halogens is 3. The van der Waals surface area contributed by atoms with Gasteiger partial charge in [-0.3, -0.25) is 4.79 Å². The van der Waals surface area contributed by atoms with E-state index in [0.29, 0.717) is 26.1 Å². The molecule has 1 heterocycles. The maximum Gasteiger partial charge on any atom is 0.416 e. The molecule has 0 aromatic heterocycles. The maximum absolute atomic E-state index is 12.7. The van der Waals surface area contributed by atoms with Crippen molar-refractivity contribution in [2.24, 2.45) is 11.1 Å². The number of anilines is 1. The van der Waals surface area contributed by atoms with E-state index in [-0.39, 0.29) is 18.1 Å². The van der Waals surface area contributed by atoms with Gasteiger partial charge < -0.3 is 15.8 Å². The standard InChI is InChI=1S/C14H17F3N2O2/c15-14(16,17)10-2-1-3-11(8-10)19-12(20)13(9-18)4-6-21-7-5-13/h1-3,8H,4-7,9,18H2,(H,19,20). The van der Waals surface area contributed by atoms with Gasteiger partial charge in [-0.1, -0.05) is 6.07 Å². The second-order valence-electron chi connectivity index (χ2n) is 5.13. The molecule has 0 aliphatic carbocycles. The monoisotopic (exact) mass is 302 g/mol. The van der Waals surface area contributed by atoms with Crippen molar-refractivity contribution >= 4 is 11.6 Å². The zero-order valence-electron chi connectivity index (χ0n) is 11.4. The molecular weight excluding hydrogens is 285 g/mol. The second-order valence-corrected chi connectivity index (χ2v) is 5.13. The normalized spacial score (nSPS) is 18.3. The van der Waals surface area contributed by atoms with Crippen LogP contribution in [0, 0.1) is 5.41 Å². The average molecular weight is 302 g/mol. The minimum absolute atomic E-state index is 0.120. The van der Waals surface area contributed by atoms with Crippen LogP contribution in [0.3, 0.4) is 0 Å². The number of nitrogens with two attached hydrogens (primary N) is 1. The Labute approximate surface area is 120 Å². The summed E-state index contributed by atoms with van der Waals surface area (Å²) in [6.07, 6.45) is -3.51. The summed E-state index contributed by atoms with van der Waals surface area (Å²) in [6, 6.07) is 4.57. The number of carbonyl (C=O) groups is 1. The lowest BCUT2D eigenvalue weighted by Crippen LogP contribution is -2.46. The van der Waals surface area contributed by atoms with E-state index in [0.717, 1.165) is 12.1 Å². The molecule has 3 N–H and O–H groups in total. The van der Waals surface area contributed by atoms with E-state index >= 15 is 0 Å². The summed E-state index contributed by atoms with van der Waals surface area (Å²) in [6.45, 7) is 0.988. The molecule has 4 nitrogen and oxygen atoms in total. The lowest BCUT2D eigenvalue weighted by atomic mass is 9.79. The van der Waals surface area contributed by atoms with Crippen LogP contribution in [0.4, 0.5) is 18.9 Å². The number of hydrogen-bond donors (Lipinski definition) is 2. The van der Waals surface area contributed by atoms with E-state index in [2.05, 4.69) is 5.32 Å². The summed E-state index contributed by atoms with van der Waals surface area (Å²) in [7, 11) is 0. The Morgan fingerprint density at radius 1 is 1.33 bits per heavy atom. The van der Waals surface area contributed by atoms with Crippen LogP contribution in [-0.2, 0) is 15.7 Å². The molecule has 1 saturated heterocycles. The highest BCUT2D eigenvalue weighted by Crippen LogP contribution is 2.33. The lowest BCUT2D eigenvalue weighted by Gasteiger charge is -2.34.